The van der Waals surface area contributed by atoms with Gasteiger partial charge in [0, 0.05) is 18.8 Å². The van der Waals surface area contributed by atoms with Crippen molar-refractivity contribution in [3.8, 4) is 5.75 Å². The molecule has 1 aliphatic rings. The van der Waals surface area contributed by atoms with Crippen molar-refractivity contribution in [2.24, 2.45) is 0 Å². The quantitative estimate of drug-likeness (QED) is 0.915. The minimum Gasteiger partial charge on any atom is -0.497 e. The van der Waals surface area contributed by atoms with Crippen LogP contribution in [0.2, 0.25) is 0 Å². The van der Waals surface area contributed by atoms with Crippen LogP contribution in [0.15, 0.2) is 54.6 Å². The second-order valence-corrected chi connectivity index (χ2v) is 5.67. The molecule has 3 rings (SSSR count). The molecule has 5 heteroatoms. The molecule has 2 aromatic carbocycles. The Kier molecular flexibility index (Phi) is 5.46. The van der Waals surface area contributed by atoms with E-state index in [9.17, 15) is 4.79 Å². The predicted molar refractivity (Wildman–Crippen MR) is 93.2 cm³/mol. The zero-order valence-corrected chi connectivity index (χ0v) is 13.8. The van der Waals surface area contributed by atoms with Crippen LogP contribution in [0.1, 0.15) is 5.56 Å². The number of hydrogen-bond acceptors (Lipinski definition) is 4. The maximum Gasteiger partial charge on any atom is 0.257 e. The van der Waals surface area contributed by atoms with Gasteiger partial charge in [0.15, 0.2) is 0 Å². The topological polar surface area (TPSA) is 50.8 Å². The van der Waals surface area contributed by atoms with Crippen LogP contribution in [0.5, 0.6) is 5.75 Å². The molecule has 1 amide bonds. The highest BCUT2D eigenvalue weighted by molar-refractivity contribution is 5.96. The van der Waals surface area contributed by atoms with Crippen molar-refractivity contribution in [1.82, 2.24) is 5.32 Å². The van der Waals surface area contributed by atoms with Crippen molar-refractivity contribution in [3.05, 3.63) is 60.2 Å². The summed E-state index contributed by atoms with van der Waals surface area (Å²) >= 11 is 0. The van der Waals surface area contributed by atoms with Gasteiger partial charge in [-0.1, -0.05) is 30.3 Å². The van der Waals surface area contributed by atoms with E-state index < -0.39 is 6.10 Å². The van der Waals surface area contributed by atoms with Crippen LogP contribution in [0.4, 0.5) is 5.69 Å². The predicted octanol–water partition coefficient (Wildman–Crippen LogP) is 2.22. The van der Waals surface area contributed by atoms with E-state index in [1.165, 1.54) is 0 Å². The van der Waals surface area contributed by atoms with Gasteiger partial charge >= 0.3 is 0 Å². The molecular formula is C19H22N2O3. The van der Waals surface area contributed by atoms with E-state index >= 15 is 0 Å². The third kappa shape index (κ3) is 3.93. The molecule has 5 nitrogen and oxygen atoms in total. The molecule has 1 fully saturated rings. The van der Waals surface area contributed by atoms with Gasteiger partial charge in [-0.3, -0.25) is 4.79 Å². The second-order valence-electron chi connectivity index (χ2n) is 5.67. The number of carbonyl (C=O) groups excluding carboxylic acids is 1. The normalized spacial score (nSPS) is 17.3. The minimum absolute atomic E-state index is 0.0313. The van der Waals surface area contributed by atoms with Gasteiger partial charge in [0.05, 0.1) is 20.3 Å². The number of nitrogens with zero attached hydrogens (tertiary/aromatic N) is 1. The zero-order valence-electron chi connectivity index (χ0n) is 13.8. The van der Waals surface area contributed by atoms with Crippen LogP contribution in [0.25, 0.3) is 0 Å². The van der Waals surface area contributed by atoms with Crippen LogP contribution in [-0.2, 0) is 16.1 Å². The van der Waals surface area contributed by atoms with E-state index in [4.69, 9.17) is 9.47 Å². The largest absolute Gasteiger partial charge is 0.497 e. The summed E-state index contributed by atoms with van der Waals surface area (Å²) in [6.07, 6.45) is -0.454. The molecule has 1 heterocycles. The molecule has 0 unspecified atom stereocenters. The average molecular weight is 326 g/mol. The van der Waals surface area contributed by atoms with Crippen LogP contribution >= 0.6 is 0 Å². The van der Waals surface area contributed by atoms with Gasteiger partial charge < -0.3 is 19.7 Å². The number of carbonyl (C=O) groups is 1. The number of methoxy groups -OCH3 is 1. The summed E-state index contributed by atoms with van der Waals surface area (Å²) in [5, 5.41) is 3.21. The van der Waals surface area contributed by atoms with Gasteiger partial charge in [0.2, 0.25) is 0 Å². The Morgan fingerprint density at radius 1 is 1.21 bits per heavy atom. The molecule has 0 saturated carbocycles. The lowest BCUT2D eigenvalue weighted by atomic mass is 10.1. The Morgan fingerprint density at radius 2 is 1.96 bits per heavy atom. The molecule has 0 aliphatic carbocycles. The summed E-state index contributed by atoms with van der Waals surface area (Å²) in [6.45, 7) is 2.38. The number of amides is 1. The smallest absolute Gasteiger partial charge is 0.257 e. The third-order valence-corrected chi connectivity index (χ3v) is 4.04. The number of hydrogen-bond donors (Lipinski definition) is 1. The van der Waals surface area contributed by atoms with E-state index in [0.29, 0.717) is 19.7 Å². The molecule has 2 aromatic rings. The molecule has 0 radical (unpaired) electrons. The first-order valence-electron chi connectivity index (χ1n) is 8.09. The number of ether oxygens (including phenoxy) is 2. The van der Waals surface area contributed by atoms with E-state index in [1.807, 2.05) is 54.6 Å². The fraction of sp³-hybridized carbons (Fsp3) is 0.316. The standard InChI is InChI=1S/C19H22N2O3/c1-23-17-9-7-16(8-10-17)21(14-15-5-3-2-4-6-15)19(22)18-13-20-11-12-24-18/h2-10,18,20H,11-14H2,1H3/t18-/m1/s1. The summed E-state index contributed by atoms with van der Waals surface area (Å²) in [6, 6.07) is 17.5. The van der Waals surface area contributed by atoms with Crippen molar-refractivity contribution in [2.45, 2.75) is 12.6 Å². The Hall–Kier alpha value is -2.37. The molecule has 0 aromatic heterocycles. The van der Waals surface area contributed by atoms with Crippen LogP contribution in [0, 0.1) is 0 Å². The highest BCUT2D eigenvalue weighted by Crippen LogP contribution is 2.22. The van der Waals surface area contributed by atoms with Crippen LogP contribution in [-0.4, -0.2) is 38.8 Å². The van der Waals surface area contributed by atoms with E-state index in [-0.39, 0.29) is 5.91 Å². The fourth-order valence-electron chi connectivity index (χ4n) is 2.72. The molecule has 1 atom stereocenters. The Labute approximate surface area is 142 Å². The van der Waals surface area contributed by atoms with Crippen molar-refractivity contribution >= 4 is 11.6 Å². The Morgan fingerprint density at radius 3 is 2.58 bits per heavy atom. The number of rotatable bonds is 5. The van der Waals surface area contributed by atoms with Gasteiger partial charge in [-0.15, -0.1) is 0 Å². The van der Waals surface area contributed by atoms with Gasteiger partial charge in [0.25, 0.3) is 5.91 Å². The lowest BCUT2D eigenvalue weighted by molar-refractivity contribution is -0.131. The first-order valence-corrected chi connectivity index (χ1v) is 8.09. The molecule has 1 N–H and O–H groups in total. The van der Waals surface area contributed by atoms with Gasteiger partial charge in [-0.25, -0.2) is 0 Å². The minimum atomic E-state index is -0.454. The molecule has 0 spiro atoms. The highest BCUT2D eigenvalue weighted by atomic mass is 16.5. The summed E-state index contributed by atoms with van der Waals surface area (Å²) in [7, 11) is 1.63. The lowest BCUT2D eigenvalue weighted by Gasteiger charge is -2.30. The summed E-state index contributed by atoms with van der Waals surface area (Å²) in [5.41, 5.74) is 1.91. The van der Waals surface area contributed by atoms with Gasteiger partial charge in [0.1, 0.15) is 11.9 Å². The summed E-state index contributed by atoms with van der Waals surface area (Å²) < 4.78 is 10.9. The van der Waals surface area contributed by atoms with Crippen molar-refractivity contribution in [2.75, 3.05) is 31.7 Å². The monoisotopic (exact) mass is 326 g/mol. The van der Waals surface area contributed by atoms with Gasteiger partial charge in [-0.2, -0.15) is 0 Å². The zero-order chi connectivity index (χ0) is 16.8. The SMILES string of the molecule is COc1ccc(N(Cc2ccccc2)C(=O)[C@H]2CNCCO2)cc1. The van der Waals surface area contributed by atoms with Crippen molar-refractivity contribution in [1.29, 1.82) is 0 Å². The number of benzene rings is 2. The summed E-state index contributed by atoms with van der Waals surface area (Å²) in [4.78, 5) is 14.8. The summed E-state index contributed by atoms with van der Waals surface area (Å²) in [5.74, 6) is 0.734. The third-order valence-electron chi connectivity index (χ3n) is 4.04. The Balaban J connectivity index is 1.85. The second kappa shape index (κ2) is 7.95. The maximum atomic E-state index is 13.0. The molecule has 126 valence electrons. The number of morpholine rings is 1. The Bertz CT molecular complexity index is 652. The van der Waals surface area contributed by atoms with E-state index in [1.54, 1.807) is 12.0 Å². The lowest BCUT2D eigenvalue weighted by Crippen LogP contribution is -2.49. The first kappa shape index (κ1) is 16.5. The highest BCUT2D eigenvalue weighted by Gasteiger charge is 2.28. The molecule has 24 heavy (non-hydrogen) atoms. The van der Waals surface area contributed by atoms with Crippen LogP contribution in [0.3, 0.4) is 0 Å². The maximum absolute atomic E-state index is 13.0. The molecular weight excluding hydrogens is 304 g/mol. The number of nitrogens with one attached hydrogen (secondary N) is 1. The fourth-order valence-corrected chi connectivity index (χ4v) is 2.72. The van der Waals surface area contributed by atoms with Crippen molar-refractivity contribution in [3.63, 3.8) is 0 Å². The average Bonchev–Trinajstić information content (AvgIpc) is 2.67. The van der Waals surface area contributed by atoms with Crippen LogP contribution < -0.4 is 15.0 Å². The molecule has 1 aliphatic heterocycles. The number of anilines is 1. The van der Waals surface area contributed by atoms with Gasteiger partial charge in [-0.05, 0) is 29.8 Å². The van der Waals surface area contributed by atoms with Crippen molar-refractivity contribution < 1.29 is 14.3 Å². The van der Waals surface area contributed by atoms with E-state index in [2.05, 4.69) is 5.32 Å². The molecule has 1 saturated heterocycles. The molecule has 0 bridgehead atoms. The first-order chi connectivity index (χ1) is 11.8. The van der Waals surface area contributed by atoms with E-state index in [0.717, 1.165) is 23.5 Å².